The molecule has 0 amide bonds. The van der Waals surface area contributed by atoms with Crippen LogP contribution in [0.2, 0.25) is 0 Å². The van der Waals surface area contributed by atoms with E-state index >= 15 is 0 Å². The number of hydrogen-bond acceptors (Lipinski definition) is 4. The minimum absolute atomic E-state index is 0.311. The standard InChI is InChI=1S/C60H49N3S/c1-41-34-46(42-18-5-2-6-19-42)37-47(35-41)57(39-56(61)45-23-17-22-44(36-45)51-26-13-16-31-59(51)64)62-40-63-58-38-49(32-33-50(58)43-20-7-3-8-21-43)60(48-24-9-4-10-25-48)54-29-14-11-27-52(54)53-28-12-15-30-55(53)60/h2-33,35-39,41,63-64H,34,40,61H2,1H3/b56-39-,62-57?. The molecule has 0 heterocycles. The molecule has 310 valence electrons. The van der Waals surface area contributed by atoms with Crippen LogP contribution >= 0.6 is 12.6 Å². The van der Waals surface area contributed by atoms with Crippen molar-refractivity contribution in [2.45, 2.75) is 23.7 Å². The van der Waals surface area contributed by atoms with Crippen molar-refractivity contribution >= 4 is 35.3 Å². The van der Waals surface area contributed by atoms with Crippen molar-refractivity contribution in [3.8, 4) is 33.4 Å². The molecule has 1 atom stereocenters. The summed E-state index contributed by atoms with van der Waals surface area (Å²) in [6, 6.07) is 73.5. The maximum absolute atomic E-state index is 7.08. The highest BCUT2D eigenvalue weighted by Gasteiger charge is 2.46. The quantitative estimate of drug-likeness (QED) is 0.0897. The van der Waals surface area contributed by atoms with Crippen molar-refractivity contribution in [3.05, 3.63) is 263 Å². The van der Waals surface area contributed by atoms with E-state index in [1.807, 2.05) is 24.3 Å². The fourth-order valence-corrected chi connectivity index (χ4v) is 10.1. The summed E-state index contributed by atoms with van der Waals surface area (Å²) in [7, 11) is 0. The number of rotatable bonds is 11. The van der Waals surface area contributed by atoms with E-state index in [2.05, 4.69) is 212 Å². The number of allylic oxidation sites excluding steroid dienone is 5. The third-order valence-electron chi connectivity index (χ3n) is 12.7. The Hall–Kier alpha value is -7.40. The van der Waals surface area contributed by atoms with Gasteiger partial charge in [0.1, 0.15) is 6.67 Å². The number of nitrogens with one attached hydrogen (secondary N) is 1. The molecule has 1 unspecified atom stereocenters. The average molecular weight is 844 g/mol. The van der Waals surface area contributed by atoms with Crippen LogP contribution in [0.25, 0.3) is 44.7 Å². The molecule has 0 radical (unpaired) electrons. The summed E-state index contributed by atoms with van der Waals surface area (Å²) in [5.41, 5.74) is 25.4. The van der Waals surface area contributed by atoms with Crippen LogP contribution in [0.1, 0.15) is 46.7 Å². The Labute approximate surface area is 382 Å². The average Bonchev–Trinajstić information content (AvgIpc) is 3.65. The summed E-state index contributed by atoms with van der Waals surface area (Å²) in [6.07, 6.45) is 7.62. The number of benzene rings is 8. The first kappa shape index (κ1) is 40.7. The lowest BCUT2D eigenvalue weighted by Crippen LogP contribution is -2.28. The minimum Gasteiger partial charge on any atom is -0.398 e. The zero-order chi connectivity index (χ0) is 43.5. The summed E-state index contributed by atoms with van der Waals surface area (Å²) in [4.78, 5) is 6.32. The summed E-state index contributed by atoms with van der Waals surface area (Å²) < 4.78 is 0. The second-order valence-corrected chi connectivity index (χ2v) is 17.2. The molecule has 0 spiro atoms. The SMILES string of the molecule is CC1C=C(C(/C=C(\N)c2cccc(-c3ccccc3S)c2)=NCNc2cc(C3(c4ccccc4)c4ccccc4-c4ccccc43)ccc2-c2ccccc2)C=C(c2ccccc2)C1. The van der Waals surface area contributed by atoms with Gasteiger partial charge in [-0.15, -0.1) is 12.6 Å². The van der Waals surface area contributed by atoms with Crippen LogP contribution in [0, 0.1) is 5.92 Å². The van der Waals surface area contributed by atoms with Gasteiger partial charge in [0.2, 0.25) is 0 Å². The molecular formula is C60H49N3S. The molecule has 10 rings (SSSR count). The molecule has 0 saturated carbocycles. The van der Waals surface area contributed by atoms with Crippen LogP contribution < -0.4 is 11.1 Å². The van der Waals surface area contributed by atoms with Crippen LogP contribution in [0.15, 0.2) is 240 Å². The molecule has 8 aromatic carbocycles. The van der Waals surface area contributed by atoms with Crippen molar-refractivity contribution in [3.63, 3.8) is 0 Å². The predicted molar refractivity (Wildman–Crippen MR) is 273 cm³/mol. The summed E-state index contributed by atoms with van der Waals surface area (Å²) in [6.45, 7) is 2.60. The van der Waals surface area contributed by atoms with Crippen molar-refractivity contribution < 1.29 is 0 Å². The molecule has 3 N–H and O–H groups in total. The van der Waals surface area contributed by atoms with Crippen LogP contribution in [0.5, 0.6) is 0 Å². The maximum Gasteiger partial charge on any atom is 0.108 e. The highest BCUT2D eigenvalue weighted by atomic mass is 32.1. The Balaban J connectivity index is 1.10. The molecular weight excluding hydrogens is 795 g/mol. The topological polar surface area (TPSA) is 50.4 Å². The van der Waals surface area contributed by atoms with Gasteiger partial charge in [0.05, 0.1) is 11.1 Å². The van der Waals surface area contributed by atoms with Gasteiger partial charge in [-0.05, 0) is 115 Å². The second kappa shape index (κ2) is 17.8. The van der Waals surface area contributed by atoms with Gasteiger partial charge in [-0.1, -0.05) is 201 Å². The van der Waals surface area contributed by atoms with E-state index < -0.39 is 5.41 Å². The summed E-state index contributed by atoms with van der Waals surface area (Å²) in [5, 5.41) is 3.85. The highest BCUT2D eigenvalue weighted by Crippen LogP contribution is 2.56. The molecule has 8 aromatic rings. The maximum atomic E-state index is 7.08. The lowest BCUT2D eigenvalue weighted by Gasteiger charge is -2.34. The Bertz CT molecular complexity index is 3060. The van der Waals surface area contributed by atoms with Crippen molar-refractivity contribution in [1.82, 2.24) is 0 Å². The van der Waals surface area contributed by atoms with E-state index in [9.17, 15) is 0 Å². The normalized spacial score (nSPS) is 15.4. The third kappa shape index (κ3) is 7.71. The molecule has 0 aromatic heterocycles. The van der Waals surface area contributed by atoms with E-state index in [0.29, 0.717) is 18.3 Å². The first-order valence-corrected chi connectivity index (χ1v) is 22.5. The molecule has 3 nitrogen and oxygen atoms in total. The number of nitrogens with zero attached hydrogens (tertiary/aromatic N) is 1. The number of hydrogen-bond donors (Lipinski definition) is 3. The van der Waals surface area contributed by atoms with Crippen LogP contribution in [-0.4, -0.2) is 12.4 Å². The van der Waals surface area contributed by atoms with E-state index in [0.717, 1.165) is 56.1 Å². The lowest BCUT2D eigenvalue weighted by molar-refractivity contribution is 0.745. The summed E-state index contributed by atoms with van der Waals surface area (Å²) in [5.74, 6) is 0.311. The van der Waals surface area contributed by atoms with Crippen LogP contribution in [-0.2, 0) is 5.41 Å². The largest absolute Gasteiger partial charge is 0.398 e. The number of nitrogens with two attached hydrogens (primary N) is 1. The fourth-order valence-electron chi connectivity index (χ4n) is 9.77. The van der Waals surface area contributed by atoms with E-state index in [-0.39, 0.29) is 0 Å². The number of anilines is 1. The second-order valence-electron chi connectivity index (χ2n) is 16.7. The fraction of sp³-hybridized carbons (Fsp3) is 0.0833. The van der Waals surface area contributed by atoms with Crippen LogP contribution in [0.3, 0.4) is 0 Å². The number of fused-ring (bicyclic) bond motifs is 3. The Morgan fingerprint density at radius 2 is 1.20 bits per heavy atom. The first-order chi connectivity index (χ1) is 31.5. The predicted octanol–water partition coefficient (Wildman–Crippen LogP) is 14.5. The summed E-state index contributed by atoms with van der Waals surface area (Å²) >= 11 is 4.76. The van der Waals surface area contributed by atoms with Gasteiger partial charge in [-0.2, -0.15) is 0 Å². The van der Waals surface area contributed by atoms with Crippen molar-refractivity contribution in [2.24, 2.45) is 16.6 Å². The van der Waals surface area contributed by atoms with Gasteiger partial charge in [-0.3, -0.25) is 4.99 Å². The minimum atomic E-state index is -0.532. The van der Waals surface area contributed by atoms with Gasteiger partial charge in [0.15, 0.2) is 0 Å². The van der Waals surface area contributed by atoms with Gasteiger partial charge < -0.3 is 11.1 Å². The Morgan fingerprint density at radius 1 is 0.609 bits per heavy atom. The first-order valence-electron chi connectivity index (χ1n) is 22.0. The highest BCUT2D eigenvalue weighted by molar-refractivity contribution is 7.80. The van der Waals surface area contributed by atoms with Crippen molar-refractivity contribution in [1.29, 1.82) is 0 Å². The smallest absolute Gasteiger partial charge is 0.108 e. The molecule has 2 aliphatic carbocycles. The third-order valence-corrected chi connectivity index (χ3v) is 13.1. The van der Waals surface area contributed by atoms with E-state index in [4.69, 9.17) is 23.4 Å². The van der Waals surface area contributed by atoms with Crippen molar-refractivity contribution in [2.75, 3.05) is 12.0 Å². The molecule has 0 bridgehead atoms. The lowest BCUT2D eigenvalue weighted by atomic mass is 9.67. The zero-order valence-corrected chi connectivity index (χ0v) is 36.7. The Morgan fingerprint density at radius 3 is 1.89 bits per heavy atom. The molecule has 0 saturated heterocycles. The van der Waals surface area contributed by atoms with E-state index in [1.165, 1.54) is 44.5 Å². The Kier molecular flexibility index (Phi) is 11.3. The van der Waals surface area contributed by atoms with Gasteiger partial charge in [0.25, 0.3) is 0 Å². The van der Waals surface area contributed by atoms with Gasteiger partial charge in [-0.25, -0.2) is 0 Å². The monoisotopic (exact) mass is 843 g/mol. The number of aliphatic imine (C=N–C) groups is 1. The molecule has 2 aliphatic rings. The molecule has 0 fully saturated rings. The van der Waals surface area contributed by atoms with E-state index in [1.54, 1.807) is 0 Å². The van der Waals surface area contributed by atoms with Gasteiger partial charge in [0, 0.05) is 21.8 Å². The molecule has 4 heteroatoms. The zero-order valence-electron chi connectivity index (χ0n) is 35.8. The molecule has 64 heavy (non-hydrogen) atoms. The van der Waals surface area contributed by atoms with Crippen LogP contribution in [0.4, 0.5) is 5.69 Å². The van der Waals surface area contributed by atoms with Gasteiger partial charge >= 0.3 is 0 Å². The number of thiol groups is 1. The molecule has 0 aliphatic heterocycles.